The van der Waals surface area contributed by atoms with Gasteiger partial charge in [-0.3, -0.25) is 4.79 Å². The van der Waals surface area contributed by atoms with E-state index in [-0.39, 0.29) is 12.0 Å². The van der Waals surface area contributed by atoms with Crippen molar-refractivity contribution in [3.05, 3.63) is 0 Å². The number of esters is 1. The third kappa shape index (κ3) is 4.31. The standard InChI is InChI=1S/C11H21NO3S/c1-3-15-11(13)10(12-5-6-14-2)9-4-7-16-8-9/h9-10,12H,3-8H2,1-2H3. The topological polar surface area (TPSA) is 47.6 Å². The lowest BCUT2D eigenvalue weighted by Gasteiger charge is -2.22. The van der Waals surface area contributed by atoms with Crippen LogP contribution < -0.4 is 5.32 Å². The molecule has 0 amide bonds. The van der Waals surface area contributed by atoms with Gasteiger partial charge in [0.2, 0.25) is 0 Å². The highest BCUT2D eigenvalue weighted by molar-refractivity contribution is 7.99. The lowest BCUT2D eigenvalue weighted by molar-refractivity contribution is -0.147. The molecule has 1 heterocycles. The first-order chi connectivity index (χ1) is 7.79. The van der Waals surface area contributed by atoms with Crippen LogP contribution in [0.1, 0.15) is 13.3 Å². The Morgan fingerprint density at radius 2 is 2.44 bits per heavy atom. The second kappa shape index (κ2) is 7.92. The zero-order valence-electron chi connectivity index (χ0n) is 10.0. The number of nitrogens with one attached hydrogen (secondary N) is 1. The molecular formula is C11H21NO3S. The molecule has 0 aromatic carbocycles. The van der Waals surface area contributed by atoms with Crippen LogP contribution in [0.5, 0.6) is 0 Å². The lowest BCUT2D eigenvalue weighted by Crippen LogP contribution is -2.45. The minimum atomic E-state index is -0.162. The average molecular weight is 247 g/mol. The van der Waals surface area contributed by atoms with Crippen LogP contribution in [0.3, 0.4) is 0 Å². The van der Waals surface area contributed by atoms with Gasteiger partial charge in [0, 0.05) is 13.7 Å². The van der Waals surface area contributed by atoms with E-state index in [1.165, 1.54) is 0 Å². The summed E-state index contributed by atoms with van der Waals surface area (Å²) in [4.78, 5) is 11.8. The number of carbonyl (C=O) groups excluding carboxylic acids is 1. The summed E-state index contributed by atoms with van der Waals surface area (Å²) in [7, 11) is 1.66. The van der Waals surface area contributed by atoms with E-state index >= 15 is 0 Å². The summed E-state index contributed by atoms with van der Waals surface area (Å²) in [6, 6.07) is -0.162. The molecule has 4 nitrogen and oxygen atoms in total. The summed E-state index contributed by atoms with van der Waals surface area (Å²) in [6.07, 6.45) is 1.09. The van der Waals surface area contributed by atoms with Gasteiger partial charge in [0.25, 0.3) is 0 Å². The van der Waals surface area contributed by atoms with Crippen molar-refractivity contribution in [2.24, 2.45) is 5.92 Å². The first-order valence-electron chi connectivity index (χ1n) is 5.76. The molecule has 94 valence electrons. The molecule has 0 aliphatic carbocycles. The van der Waals surface area contributed by atoms with Crippen LogP contribution in [0.2, 0.25) is 0 Å². The van der Waals surface area contributed by atoms with E-state index < -0.39 is 0 Å². The fourth-order valence-electron chi connectivity index (χ4n) is 1.81. The number of methoxy groups -OCH3 is 1. The van der Waals surface area contributed by atoms with Crippen molar-refractivity contribution >= 4 is 17.7 Å². The number of hydrogen-bond donors (Lipinski definition) is 1. The number of thioether (sulfide) groups is 1. The van der Waals surface area contributed by atoms with E-state index in [0.717, 1.165) is 17.9 Å². The van der Waals surface area contributed by atoms with Crippen molar-refractivity contribution in [1.29, 1.82) is 0 Å². The van der Waals surface area contributed by atoms with Crippen molar-refractivity contribution in [2.45, 2.75) is 19.4 Å². The fourth-order valence-corrected chi connectivity index (χ4v) is 3.10. The molecular weight excluding hydrogens is 226 g/mol. The Morgan fingerprint density at radius 3 is 3.00 bits per heavy atom. The second-order valence-electron chi connectivity index (χ2n) is 3.80. The Bertz CT molecular complexity index is 207. The monoisotopic (exact) mass is 247 g/mol. The van der Waals surface area contributed by atoms with Crippen LogP contribution in [0.25, 0.3) is 0 Å². The van der Waals surface area contributed by atoms with Crippen molar-refractivity contribution in [2.75, 3.05) is 38.4 Å². The first-order valence-corrected chi connectivity index (χ1v) is 6.91. The Hall–Kier alpha value is -0.260. The van der Waals surface area contributed by atoms with Crippen LogP contribution >= 0.6 is 11.8 Å². The molecule has 1 rings (SSSR count). The van der Waals surface area contributed by atoms with Crippen molar-refractivity contribution in [3.63, 3.8) is 0 Å². The smallest absolute Gasteiger partial charge is 0.323 e. The van der Waals surface area contributed by atoms with Gasteiger partial charge in [0.15, 0.2) is 0 Å². The maximum absolute atomic E-state index is 11.8. The highest BCUT2D eigenvalue weighted by atomic mass is 32.2. The Labute approximate surface area is 101 Å². The zero-order valence-corrected chi connectivity index (χ0v) is 10.8. The highest BCUT2D eigenvalue weighted by Crippen LogP contribution is 2.26. The molecule has 16 heavy (non-hydrogen) atoms. The Kier molecular flexibility index (Phi) is 6.84. The molecule has 2 atom stereocenters. The van der Waals surface area contributed by atoms with Gasteiger partial charge in [0.1, 0.15) is 6.04 Å². The molecule has 0 aromatic heterocycles. The number of carbonyl (C=O) groups is 1. The van der Waals surface area contributed by atoms with Gasteiger partial charge in [-0.05, 0) is 30.8 Å². The minimum Gasteiger partial charge on any atom is -0.465 e. The minimum absolute atomic E-state index is 0.119. The fraction of sp³-hybridized carbons (Fsp3) is 0.909. The molecule has 0 bridgehead atoms. The molecule has 2 unspecified atom stereocenters. The van der Waals surface area contributed by atoms with E-state index in [4.69, 9.17) is 9.47 Å². The molecule has 1 saturated heterocycles. The summed E-state index contributed by atoms with van der Waals surface area (Å²) in [5, 5.41) is 3.23. The van der Waals surface area contributed by atoms with Gasteiger partial charge < -0.3 is 14.8 Å². The SMILES string of the molecule is CCOC(=O)C(NCCOC)C1CCSC1. The van der Waals surface area contributed by atoms with E-state index in [2.05, 4.69) is 5.32 Å². The van der Waals surface area contributed by atoms with Gasteiger partial charge in [-0.2, -0.15) is 11.8 Å². The highest BCUT2D eigenvalue weighted by Gasteiger charge is 2.31. The lowest BCUT2D eigenvalue weighted by atomic mass is 9.99. The van der Waals surface area contributed by atoms with Crippen LogP contribution in [-0.4, -0.2) is 50.4 Å². The van der Waals surface area contributed by atoms with Crippen LogP contribution in [0.15, 0.2) is 0 Å². The van der Waals surface area contributed by atoms with Gasteiger partial charge >= 0.3 is 5.97 Å². The molecule has 1 aliphatic heterocycles. The Morgan fingerprint density at radius 1 is 1.62 bits per heavy atom. The third-order valence-electron chi connectivity index (χ3n) is 2.65. The average Bonchev–Trinajstić information content (AvgIpc) is 2.78. The van der Waals surface area contributed by atoms with Gasteiger partial charge in [0.05, 0.1) is 13.2 Å². The van der Waals surface area contributed by atoms with Gasteiger partial charge in [-0.15, -0.1) is 0 Å². The number of ether oxygens (including phenoxy) is 2. The normalized spacial score (nSPS) is 22.0. The summed E-state index contributed by atoms with van der Waals surface area (Å²) >= 11 is 1.91. The number of rotatable bonds is 7. The predicted molar refractivity (Wildman–Crippen MR) is 65.7 cm³/mol. The van der Waals surface area contributed by atoms with Crippen molar-refractivity contribution < 1.29 is 14.3 Å². The maximum Gasteiger partial charge on any atom is 0.323 e. The van der Waals surface area contributed by atoms with Crippen LogP contribution in [-0.2, 0) is 14.3 Å². The quantitative estimate of drug-likeness (QED) is 0.535. The summed E-state index contributed by atoms with van der Waals surface area (Å²) in [5.74, 6) is 2.47. The van der Waals surface area contributed by atoms with Gasteiger partial charge in [-0.25, -0.2) is 0 Å². The van der Waals surface area contributed by atoms with Crippen molar-refractivity contribution in [3.8, 4) is 0 Å². The molecule has 1 N–H and O–H groups in total. The molecule has 0 aromatic rings. The van der Waals surface area contributed by atoms with E-state index in [1.807, 2.05) is 18.7 Å². The first kappa shape index (κ1) is 13.8. The maximum atomic E-state index is 11.8. The predicted octanol–water partition coefficient (Wildman–Crippen LogP) is 0.907. The summed E-state index contributed by atoms with van der Waals surface area (Å²) in [6.45, 7) is 3.60. The van der Waals surface area contributed by atoms with E-state index in [1.54, 1.807) is 7.11 Å². The molecule has 1 aliphatic rings. The summed E-state index contributed by atoms with van der Waals surface area (Å²) in [5.41, 5.74) is 0. The molecule has 1 fully saturated rings. The van der Waals surface area contributed by atoms with Crippen molar-refractivity contribution in [1.82, 2.24) is 5.32 Å². The zero-order chi connectivity index (χ0) is 11.8. The van der Waals surface area contributed by atoms with Gasteiger partial charge in [-0.1, -0.05) is 0 Å². The van der Waals surface area contributed by atoms with Crippen LogP contribution in [0.4, 0.5) is 0 Å². The largest absolute Gasteiger partial charge is 0.465 e. The number of hydrogen-bond acceptors (Lipinski definition) is 5. The molecule has 0 spiro atoms. The molecule has 5 heteroatoms. The third-order valence-corrected chi connectivity index (χ3v) is 3.84. The van der Waals surface area contributed by atoms with E-state index in [9.17, 15) is 4.79 Å². The van der Waals surface area contributed by atoms with E-state index in [0.29, 0.717) is 25.7 Å². The Balaban J connectivity index is 2.43. The second-order valence-corrected chi connectivity index (χ2v) is 4.95. The molecule has 0 saturated carbocycles. The molecule has 0 radical (unpaired) electrons. The van der Waals surface area contributed by atoms with Crippen LogP contribution in [0, 0.1) is 5.92 Å². The summed E-state index contributed by atoms with van der Waals surface area (Å²) < 4.78 is 10.1.